The molecule has 102 valence electrons. The first-order valence-corrected chi connectivity index (χ1v) is 5.57. The molecule has 0 amide bonds. The fourth-order valence-corrected chi connectivity index (χ4v) is 1.14. The van der Waals surface area contributed by atoms with Crippen LogP contribution in [-0.4, -0.2) is 25.7 Å². The van der Waals surface area contributed by atoms with Crippen molar-refractivity contribution in [1.82, 2.24) is 0 Å². The van der Waals surface area contributed by atoms with Crippen molar-refractivity contribution in [3.63, 3.8) is 0 Å². The van der Waals surface area contributed by atoms with E-state index < -0.39 is 28.0 Å². The van der Waals surface area contributed by atoms with Gasteiger partial charge >= 0.3 is 12.1 Å². The Hall–Kier alpha value is -1.68. The second-order valence-corrected chi connectivity index (χ2v) is 4.36. The molecule has 0 aromatic heterocycles. The lowest BCUT2D eigenvalue weighted by molar-refractivity contribution is -0.192. The summed E-state index contributed by atoms with van der Waals surface area (Å²) in [6, 6.07) is 4.31. The minimum Gasteiger partial charge on any atom is -0.475 e. The maximum absolute atomic E-state index is 12.2. The van der Waals surface area contributed by atoms with Crippen LogP contribution >= 0.6 is 0 Å². The second-order valence-electron chi connectivity index (χ2n) is 2.80. The molecule has 1 aromatic carbocycles. The Balaban J connectivity index is 0.000000360. The standard InChI is InChI=1S/C6H6FNO2S.C2HF3O2/c7-5-1-3-6(4-2-5)11(8,9)10;3-2(4,5)1(6)7/h1-4H,(H2,8,9,10);(H,6,7). The molecule has 0 unspecified atom stereocenters. The van der Waals surface area contributed by atoms with Crippen molar-refractivity contribution >= 4 is 16.0 Å². The first-order valence-electron chi connectivity index (χ1n) is 4.03. The molecule has 3 N–H and O–H groups in total. The smallest absolute Gasteiger partial charge is 0.475 e. The molecule has 0 saturated carbocycles. The number of halogens is 4. The summed E-state index contributed by atoms with van der Waals surface area (Å²) in [6.45, 7) is 0. The largest absolute Gasteiger partial charge is 0.490 e. The summed E-state index contributed by atoms with van der Waals surface area (Å²) in [5.41, 5.74) is 0. The summed E-state index contributed by atoms with van der Waals surface area (Å²) >= 11 is 0. The third-order valence-corrected chi connectivity index (χ3v) is 2.31. The summed E-state index contributed by atoms with van der Waals surface area (Å²) in [6.07, 6.45) is -5.08. The number of aliphatic carboxylic acids is 1. The van der Waals surface area contributed by atoms with E-state index in [-0.39, 0.29) is 4.90 Å². The molecule has 0 saturated heterocycles. The maximum Gasteiger partial charge on any atom is 0.490 e. The molecule has 0 atom stereocenters. The highest BCUT2D eigenvalue weighted by Gasteiger charge is 2.38. The van der Waals surface area contributed by atoms with Gasteiger partial charge in [-0.05, 0) is 24.3 Å². The first-order chi connectivity index (χ1) is 7.94. The number of carboxylic acids is 1. The van der Waals surface area contributed by atoms with Gasteiger partial charge < -0.3 is 5.11 Å². The summed E-state index contributed by atoms with van der Waals surface area (Å²) in [5.74, 6) is -3.25. The van der Waals surface area contributed by atoms with Gasteiger partial charge in [-0.1, -0.05) is 0 Å². The molecule has 18 heavy (non-hydrogen) atoms. The zero-order chi connectivity index (χ0) is 14.6. The summed E-state index contributed by atoms with van der Waals surface area (Å²) in [7, 11) is -3.69. The van der Waals surface area contributed by atoms with Crippen molar-refractivity contribution < 1.29 is 35.9 Å². The molecular formula is C8H7F4NO4S. The number of alkyl halides is 3. The molecule has 1 aromatic rings. The Morgan fingerprint density at radius 2 is 1.50 bits per heavy atom. The molecule has 0 aliphatic heterocycles. The van der Waals surface area contributed by atoms with Gasteiger partial charge in [0.2, 0.25) is 10.0 Å². The van der Waals surface area contributed by atoms with E-state index in [1.807, 2.05) is 0 Å². The number of rotatable bonds is 1. The Kier molecular flexibility index (Phi) is 5.24. The quantitative estimate of drug-likeness (QED) is 0.757. The van der Waals surface area contributed by atoms with Crippen molar-refractivity contribution in [2.24, 2.45) is 5.14 Å². The van der Waals surface area contributed by atoms with Gasteiger partial charge in [0.25, 0.3) is 0 Å². The van der Waals surface area contributed by atoms with E-state index >= 15 is 0 Å². The Morgan fingerprint density at radius 3 is 1.72 bits per heavy atom. The van der Waals surface area contributed by atoms with E-state index in [2.05, 4.69) is 0 Å². The molecule has 0 bridgehead atoms. The lowest BCUT2D eigenvalue weighted by atomic mass is 10.4. The highest BCUT2D eigenvalue weighted by atomic mass is 32.2. The second kappa shape index (κ2) is 5.78. The van der Waals surface area contributed by atoms with E-state index in [4.69, 9.17) is 15.0 Å². The molecule has 0 spiro atoms. The van der Waals surface area contributed by atoms with E-state index in [0.29, 0.717) is 0 Å². The van der Waals surface area contributed by atoms with Gasteiger partial charge in [0.05, 0.1) is 4.90 Å². The molecule has 1 rings (SSSR count). The highest BCUT2D eigenvalue weighted by molar-refractivity contribution is 7.89. The van der Waals surface area contributed by atoms with Crippen LogP contribution in [0.2, 0.25) is 0 Å². The molecular weight excluding hydrogens is 282 g/mol. The molecule has 5 nitrogen and oxygen atoms in total. The predicted octanol–water partition coefficient (Wildman–Crippen LogP) is 1.11. The Bertz CT molecular complexity index is 509. The lowest BCUT2D eigenvalue weighted by Gasteiger charge is -1.95. The molecule has 0 fully saturated rings. The number of primary sulfonamides is 1. The molecule has 0 aliphatic rings. The average molecular weight is 289 g/mol. The van der Waals surface area contributed by atoms with Crippen molar-refractivity contribution in [2.45, 2.75) is 11.1 Å². The fourth-order valence-electron chi connectivity index (χ4n) is 0.624. The van der Waals surface area contributed by atoms with Gasteiger partial charge in [0.15, 0.2) is 0 Å². The maximum atomic E-state index is 12.2. The summed E-state index contributed by atoms with van der Waals surface area (Å²) in [4.78, 5) is 8.81. The van der Waals surface area contributed by atoms with Crippen LogP contribution in [0, 0.1) is 5.82 Å². The van der Waals surface area contributed by atoms with Gasteiger partial charge in [-0.15, -0.1) is 0 Å². The van der Waals surface area contributed by atoms with Crippen molar-refractivity contribution in [1.29, 1.82) is 0 Å². The zero-order valence-corrected chi connectivity index (χ0v) is 9.30. The number of nitrogens with two attached hydrogens (primary N) is 1. The van der Waals surface area contributed by atoms with Crippen molar-refractivity contribution in [2.75, 3.05) is 0 Å². The number of hydrogen-bond donors (Lipinski definition) is 2. The van der Waals surface area contributed by atoms with Crippen LogP contribution in [0.1, 0.15) is 0 Å². The minimum atomic E-state index is -5.08. The first kappa shape index (κ1) is 16.3. The van der Waals surface area contributed by atoms with Gasteiger partial charge in [-0.3, -0.25) is 0 Å². The highest BCUT2D eigenvalue weighted by Crippen LogP contribution is 2.13. The van der Waals surface area contributed by atoms with Gasteiger partial charge in [-0.25, -0.2) is 22.7 Å². The van der Waals surface area contributed by atoms with Gasteiger partial charge in [0, 0.05) is 0 Å². The predicted molar refractivity (Wildman–Crippen MR) is 51.5 cm³/mol. The lowest BCUT2D eigenvalue weighted by Crippen LogP contribution is -2.21. The Morgan fingerprint density at radius 1 is 1.17 bits per heavy atom. The minimum absolute atomic E-state index is 0.0844. The normalized spacial score (nSPS) is 11.4. The van der Waals surface area contributed by atoms with Crippen LogP contribution in [0.4, 0.5) is 17.6 Å². The van der Waals surface area contributed by atoms with E-state index in [0.717, 1.165) is 24.3 Å². The van der Waals surface area contributed by atoms with Crippen molar-refractivity contribution in [3.8, 4) is 0 Å². The molecule has 0 aliphatic carbocycles. The third-order valence-electron chi connectivity index (χ3n) is 1.38. The molecule has 10 heteroatoms. The number of carboxylic acid groups (broad SMARTS) is 1. The van der Waals surface area contributed by atoms with Crippen LogP contribution in [0.5, 0.6) is 0 Å². The zero-order valence-electron chi connectivity index (χ0n) is 8.48. The third kappa shape index (κ3) is 6.15. The number of carbonyl (C=O) groups is 1. The van der Waals surface area contributed by atoms with Crippen LogP contribution < -0.4 is 5.14 Å². The SMILES string of the molecule is NS(=O)(=O)c1ccc(F)cc1.O=C(O)C(F)(F)F. The summed E-state index contributed by atoms with van der Waals surface area (Å²) in [5, 5.41) is 11.9. The number of benzene rings is 1. The molecule has 0 heterocycles. The fraction of sp³-hybridized carbons (Fsp3) is 0.125. The van der Waals surface area contributed by atoms with Crippen molar-refractivity contribution in [3.05, 3.63) is 30.1 Å². The average Bonchev–Trinajstić information content (AvgIpc) is 2.16. The van der Waals surface area contributed by atoms with Gasteiger partial charge in [-0.2, -0.15) is 13.2 Å². The number of sulfonamides is 1. The topological polar surface area (TPSA) is 97.5 Å². The number of hydrogen-bond acceptors (Lipinski definition) is 3. The van der Waals surface area contributed by atoms with Crippen LogP contribution in [0.25, 0.3) is 0 Å². The summed E-state index contributed by atoms with van der Waals surface area (Å²) < 4.78 is 65.2. The van der Waals surface area contributed by atoms with Crippen LogP contribution in [0.3, 0.4) is 0 Å². The van der Waals surface area contributed by atoms with E-state index in [9.17, 15) is 26.0 Å². The van der Waals surface area contributed by atoms with E-state index in [1.165, 1.54) is 0 Å². The molecule has 0 radical (unpaired) electrons. The monoisotopic (exact) mass is 289 g/mol. The Labute approximate surface area is 98.9 Å². The van der Waals surface area contributed by atoms with Crippen LogP contribution in [0.15, 0.2) is 29.2 Å². The van der Waals surface area contributed by atoms with E-state index in [1.54, 1.807) is 0 Å². The van der Waals surface area contributed by atoms with Crippen LogP contribution in [-0.2, 0) is 14.8 Å². The van der Waals surface area contributed by atoms with Gasteiger partial charge in [0.1, 0.15) is 5.82 Å².